The van der Waals surface area contributed by atoms with Gasteiger partial charge < -0.3 is 61.8 Å². The topological polar surface area (TPSA) is 335 Å². The Morgan fingerprint density at radius 3 is 1.95 bits per heavy atom. The minimum Gasteiger partial charge on any atom is -0.481 e. The number of carboxylic acid groups (broad SMARTS) is 2. The van der Waals surface area contributed by atoms with Crippen molar-refractivity contribution >= 4 is 59.3 Å². The number of Topliss-reactive ketones (excluding diaryl/α,β-unsaturated/α-hetero) is 1. The molecule has 0 saturated heterocycles. The zero-order valence-electron chi connectivity index (χ0n) is 42.7. The molecular weight excluding hydrogens is 1010 g/mol. The van der Waals surface area contributed by atoms with Crippen LogP contribution in [0.4, 0.5) is 13.6 Å². The number of halogens is 2. The summed E-state index contributed by atoms with van der Waals surface area (Å²) in [6.45, 7) is 3.15. The Hall–Kier alpha value is -8.54. The Morgan fingerprint density at radius 1 is 0.727 bits per heavy atom. The Bertz CT molecular complexity index is 2730. The Balaban J connectivity index is 1.68. The van der Waals surface area contributed by atoms with E-state index in [0.717, 1.165) is 23.8 Å². The van der Waals surface area contributed by atoms with Crippen LogP contribution in [0.3, 0.4) is 0 Å². The van der Waals surface area contributed by atoms with Crippen LogP contribution in [-0.4, -0.2) is 128 Å². The quantitative estimate of drug-likeness (QED) is 0.0339. The maximum atomic E-state index is 15.4. The van der Waals surface area contributed by atoms with E-state index in [9.17, 15) is 62.5 Å². The van der Waals surface area contributed by atoms with E-state index in [1.54, 1.807) is 86.1 Å². The third-order valence-electron chi connectivity index (χ3n) is 11.7. The second kappa shape index (κ2) is 29.5. The van der Waals surface area contributed by atoms with Gasteiger partial charge in [0.05, 0.1) is 31.8 Å². The number of aliphatic hydroxyl groups is 1. The van der Waals surface area contributed by atoms with Crippen LogP contribution in [0, 0.1) is 17.0 Å². The van der Waals surface area contributed by atoms with Crippen molar-refractivity contribution in [1.82, 2.24) is 36.1 Å². The second-order valence-electron chi connectivity index (χ2n) is 18.9. The van der Waals surface area contributed by atoms with E-state index in [-0.39, 0.29) is 50.1 Å². The molecule has 0 aliphatic rings. The van der Waals surface area contributed by atoms with Crippen LogP contribution < -0.4 is 32.3 Å². The molecule has 0 saturated carbocycles. The predicted molar refractivity (Wildman–Crippen MR) is 272 cm³/mol. The van der Waals surface area contributed by atoms with Crippen molar-refractivity contribution < 1.29 is 76.8 Å². The molecule has 0 aliphatic carbocycles. The van der Waals surface area contributed by atoms with Gasteiger partial charge in [-0.15, -0.1) is 0 Å². The maximum absolute atomic E-state index is 15.4. The van der Waals surface area contributed by atoms with Gasteiger partial charge in [-0.3, -0.25) is 43.2 Å². The number of carbonyl (C=O) groups is 10. The van der Waals surface area contributed by atoms with E-state index >= 15 is 4.39 Å². The first-order valence-corrected chi connectivity index (χ1v) is 24.4. The van der Waals surface area contributed by atoms with Gasteiger partial charge in [-0.05, 0) is 53.6 Å². The van der Waals surface area contributed by atoms with E-state index in [2.05, 4.69) is 26.6 Å². The average Bonchev–Trinajstić information content (AvgIpc) is 3.78. The van der Waals surface area contributed by atoms with Gasteiger partial charge in [0.15, 0.2) is 5.78 Å². The molecule has 4 aromatic rings. The lowest BCUT2D eigenvalue weighted by molar-refractivity contribution is -0.141. The van der Waals surface area contributed by atoms with Gasteiger partial charge >= 0.3 is 18.0 Å². The molecule has 77 heavy (non-hydrogen) atoms. The van der Waals surface area contributed by atoms with Crippen molar-refractivity contribution in [3.63, 3.8) is 0 Å². The molecule has 4 rings (SSSR count). The number of nitrogens with one attached hydrogen (secondary N) is 5. The molecule has 7 amide bonds. The Morgan fingerprint density at radius 2 is 1.35 bits per heavy atom. The first-order chi connectivity index (χ1) is 36.4. The highest BCUT2D eigenvalue weighted by atomic mass is 19.1. The summed E-state index contributed by atoms with van der Waals surface area (Å²) in [7, 11) is 0. The summed E-state index contributed by atoms with van der Waals surface area (Å²) in [4.78, 5) is 130. The first-order valence-electron chi connectivity index (χ1n) is 24.4. The largest absolute Gasteiger partial charge is 0.481 e. The number of ketones is 1. The minimum atomic E-state index is -1.91. The number of amides is 7. The number of hydrogen-bond acceptors (Lipinski definition) is 12. The van der Waals surface area contributed by atoms with E-state index in [4.69, 9.17) is 15.6 Å². The molecule has 22 nitrogen and oxygen atoms in total. The lowest BCUT2D eigenvalue weighted by Crippen LogP contribution is -2.58. The number of rotatable bonds is 30. The fourth-order valence-electron chi connectivity index (χ4n) is 8.10. The summed E-state index contributed by atoms with van der Waals surface area (Å²) in [5.74, 6) is -10.7. The molecule has 10 N–H and O–H groups in total. The lowest BCUT2D eigenvalue weighted by Gasteiger charge is -2.41. The molecule has 24 heteroatoms. The van der Waals surface area contributed by atoms with Crippen LogP contribution in [0.1, 0.15) is 88.6 Å². The summed E-state index contributed by atoms with van der Waals surface area (Å²) >= 11 is 0. The molecule has 1 aromatic heterocycles. The standard InChI is InChI=1S/C53H64F2N8O14/c1-53(2,3)48(42-23-34(37-24-35(54)16-17-38(37)55)29-62(42)28-32-11-6-4-7-12-32)63(45(68)30-64)22-20-39(49(73)57-21-10-15-36(65)27-58-44(67)18-19-46(69)70)59-50(74)40(25-43(56)66)60-51(75)41(26-47(71)72)61-52(76)77-31-33-13-8-5-9-14-33/h4-9,11-14,16-17,23-24,29,39-41,48,64H,10,15,18-22,25-28,30-31H2,1-3H3,(H2,56,66)(H,57,73)(H,58,67)(H,59,74)(H,60,75)(H,61,76)(H,69,70)(H,71,72)/t39-,40-,41-,48-/m0/s1. The average molecular weight is 1080 g/mol. The van der Waals surface area contributed by atoms with E-state index in [0.29, 0.717) is 11.3 Å². The molecule has 0 unspecified atom stereocenters. The molecule has 0 radical (unpaired) electrons. The number of carbonyl (C=O) groups excluding carboxylic acids is 8. The molecule has 0 aliphatic heterocycles. The van der Waals surface area contributed by atoms with E-state index < -0.39 is 146 Å². The molecule has 4 atom stereocenters. The maximum Gasteiger partial charge on any atom is 0.408 e. The molecule has 0 spiro atoms. The molecule has 1 heterocycles. The summed E-state index contributed by atoms with van der Waals surface area (Å²) in [6, 6.07) is 15.5. The normalized spacial score (nSPS) is 12.6. The first kappa shape index (κ1) is 61.0. The number of ether oxygens (including phenoxy) is 1. The van der Waals surface area contributed by atoms with Crippen molar-refractivity contribution in [2.75, 3.05) is 26.2 Å². The van der Waals surface area contributed by atoms with Crippen molar-refractivity contribution in [3.05, 3.63) is 120 Å². The van der Waals surface area contributed by atoms with Crippen LogP contribution >= 0.6 is 0 Å². The zero-order valence-corrected chi connectivity index (χ0v) is 42.7. The molecular formula is C53H64F2N8O14. The predicted octanol–water partition coefficient (Wildman–Crippen LogP) is 2.84. The van der Waals surface area contributed by atoms with Gasteiger partial charge in [0, 0.05) is 55.5 Å². The number of primary amides is 1. The number of aliphatic carboxylic acids is 2. The Labute approximate surface area is 442 Å². The Kier molecular flexibility index (Phi) is 23.4. The third-order valence-corrected chi connectivity index (χ3v) is 11.7. The summed E-state index contributed by atoms with van der Waals surface area (Å²) in [6.07, 6.45) is -2.97. The zero-order chi connectivity index (χ0) is 56.8. The van der Waals surface area contributed by atoms with Crippen molar-refractivity contribution in [1.29, 1.82) is 0 Å². The molecule has 0 bridgehead atoms. The number of carboxylic acids is 2. The van der Waals surface area contributed by atoms with Crippen molar-refractivity contribution in [2.45, 2.75) is 103 Å². The van der Waals surface area contributed by atoms with Crippen LogP contribution in [0.25, 0.3) is 11.1 Å². The molecule has 0 fully saturated rings. The van der Waals surface area contributed by atoms with Crippen LogP contribution in [-0.2, 0) is 61.0 Å². The monoisotopic (exact) mass is 1070 g/mol. The number of nitrogens with two attached hydrogens (primary N) is 1. The number of aromatic nitrogens is 1. The lowest BCUT2D eigenvalue weighted by atomic mass is 9.82. The second-order valence-corrected chi connectivity index (χ2v) is 18.9. The number of alkyl carbamates (subject to hydrolysis) is 1. The van der Waals surface area contributed by atoms with Gasteiger partial charge in [-0.2, -0.15) is 0 Å². The van der Waals surface area contributed by atoms with Gasteiger partial charge in [-0.1, -0.05) is 81.4 Å². The van der Waals surface area contributed by atoms with Crippen LogP contribution in [0.15, 0.2) is 91.1 Å². The summed E-state index contributed by atoms with van der Waals surface area (Å²) in [5.41, 5.74) is 6.45. The fraction of sp³-hybridized carbons (Fsp3) is 0.396. The minimum absolute atomic E-state index is 0.00376. The van der Waals surface area contributed by atoms with E-state index in [1.807, 2.05) is 12.1 Å². The molecule has 3 aromatic carbocycles. The summed E-state index contributed by atoms with van der Waals surface area (Å²) in [5, 5.41) is 40.6. The summed E-state index contributed by atoms with van der Waals surface area (Å²) < 4.78 is 36.9. The van der Waals surface area contributed by atoms with Crippen LogP contribution in [0.2, 0.25) is 0 Å². The number of nitrogens with zero attached hydrogens (tertiary/aromatic N) is 2. The number of aliphatic hydroxyl groups excluding tert-OH is 1. The van der Waals surface area contributed by atoms with E-state index in [1.165, 1.54) is 4.90 Å². The fourth-order valence-corrected chi connectivity index (χ4v) is 8.10. The van der Waals surface area contributed by atoms with Gasteiger partial charge in [0.1, 0.15) is 43.0 Å². The highest BCUT2D eigenvalue weighted by Crippen LogP contribution is 2.41. The molecule has 414 valence electrons. The van der Waals surface area contributed by atoms with Crippen LogP contribution in [0.5, 0.6) is 0 Å². The smallest absolute Gasteiger partial charge is 0.408 e. The number of benzene rings is 3. The van der Waals surface area contributed by atoms with Crippen molar-refractivity contribution in [3.8, 4) is 11.1 Å². The van der Waals surface area contributed by atoms with Gasteiger partial charge in [0.25, 0.3) is 0 Å². The third kappa shape index (κ3) is 20.3. The van der Waals surface area contributed by atoms with Gasteiger partial charge in [0.2, 0.25) is 35.4 Å². The van der Waals surface area contributed by atoms with Gasteiger partial charge in [-0.25, -0.2) is 13.6 Å². The van der Waals surface area contributed by atoms with Crippen molar-refractivity contribution in [2.24, 2.45) is 11.1 Å². The number of hydrogen-bond donors (Lipinski definition) is 9. The SMILES string of the molecule is CC(C)(C)[C@H](c1cc(-c2cc(F)ccc2F)cn1Cc1ccccc1)N(CC[C@H](NC(=O)[C@H](CC(N)=O)NC(=O)[C@H](CC(=O)O)NC(=O)OCc1ccccc1)C(=O)NCCCC(=O)CNC(=O)CCC(=O)O)C(=O)CO. The highest BCUT2D eigenvalue weighted by Gasteiger charge is 2.39. The highest BCUT2D eigenvalue weighted by molar-refractivity contribution is 5.97.